The number of ether oxygens (including phenoxy) is 2. The van der Waals surface area contributed by atoms with Gasteiger partial charge in [0.15, 0.2) is 5.05 Å². The summed E-state index contributed by atoms with van der Waals surface area (Å²) in [5, 5.41) is 0.461. The Morgan fingerprint density at radius 1 is 1.00 bits per heavy atom. The van der Waals surface area contributed by atoms with Crippen LogP contribution in [0.2, 0.25) is 0 Å². The monoisotopic (exact) mass is 286 g/mol. The van der Waals surface area contributed by atoms with Crippen LogP contribution in [-0.2, 0) is 16.1 Å². The van der Waals surface area contributed by atoms with Crippen molar-refractivity contribution in [1.82, 2.24) is 0 Å². The summed E-state index contributed by atoms with van der Waals surface area (Å²) >= 11 is 5.21. The number of carbonyl (C=O) groups is 1. The summed E-state index contributed by atoms with van der Waals surface area (Å²) in [7, 11) is 1.36. The van der Waals surface area contributed by atoms with Gasteiger partial charge in [-0.3, -0.25) is 0 Å². The first-order valence-corrected chi connectivity index (χ1v) is 6.51. The number of hydrogen-bond acceptors (Lipinski definition) is 4. The maximum Gasteiger partial charge on any atom is 0.337 e. The van der Waals surface area contributed by atoms with Gasteiger partial charge in [0.2, 0.25) is 0 Å². The van der Waals surface area contributed by atoms with Crippen LogP contribution in [0.5, 0.6) is 0 Å². The minimum Gasteiger partial charge on any atom is -0.478 e. The molecule has 0 aliphatic heterocycles. The van der Waals surface area contributed by atoms with Gasteiger partial charge in [-0.2, -0.15) is 0 Å². The molecule has 0 amide bonds. The molecule has 20 heavy (non-hydrogen) atoms. The summed E-state index contributed by atoms with van der Waals surface area (Å²) in [6.07, 6.45) is 0. The van der Waals surface area contributed by atoms with Gasteiger partial charge in [-0.05, 0) is 29.9 Å². The number of carbonyl (C=O) groups excluding carboxylic acids is 1. The van der Waals surface area contributed by atoms with E-state index in [2.05, 4.69) is 4.74 Å². The Hall–Kier alpha value is -2.20. The molecule has 2 aromatic carbocycles. The van der Waals surface area contributed by atoms with Crippen LogP contribution in [0.15, 0.2) is 54.6 Å². The van der Waals surface area contributed by atoms with E-state index in [1.54, 1.807) is 12.1 Å². The van der Waals surface area contributed by atoms with Crippen molar-refractivity contribution in [2.75, 3.05) is 7.11 Å². The molecule has 0 unspecified atom stereocenters. The Bertz CT molecular complexity index is 591. The maximum absolute atomic E-state index is 11.3. The lowest BCUT2D eigenvalue weighted by molar-refractivity contribution is 0.0600. The summed E-state index contributed by atoms with van der Waals surface area (Å²) < 4.78 is 10.2. The van der Waals surface area contributed by atoms with Crippen LogP contribution in [0.3, 0.4) is 0 Å². The molecule has 0 bridgehead atoms. The lowest BCUT2D eigenvalue weighted by Gasteiger charge is -2.08. The first kappa shape index (κ1) is 14.2. The first-order chi connectivity index (χ1) is 9.70. The SMILES string of the molecule is COC(=O)c1ccc(COC(=S)c2ccccc2)cc1. The Kier molecular flexibility index (Phi) is 4.85. The molecule has 0 aliphatic rings. The molecule has 0 saturated carbocycles. The van der Waals surface area contributed by atoms with E-state index in [-0.39, 0.29) is 5.97 Å². The molecule has 4 heteroatoms. The molecule has 0 radical (unpaired) electrons. The highest BCUT2D eigenvalue weighted by atomic mass is 32.1. The Morgan fingerprint density at radius 3 is 2.25 bits per heavy atom. The van der Waals surface area contributed by atoms with Gasteiger partial charge in [0, 0.05) is 5.56 Å². The number of benzene rings is 2. The molecular weight excluding hydrogens is 272 g/mol. The second-order valence-electron chi connectivity index (χ2n) is 4.13. The standard InChI is InChI=1S/C16H14O3S/c1-18-15(17)13-9-7-12(8-10-13)11-19-16(20)14-5-3-2-4-6-14/h2-10H,11H2,1H3. The molecule has 0 atom stereocenters. The lowest BCUT2D eigenvalue weighted by atomic mass is 10.1. The number of esters is 1. The van der Waals surface area contributed by atoms with Crippen LogP contribution >= 0.6 is 12.2 Å². The fraction of sp³-hybridized carbons (Fsp3) is 0.125. The van der Waals surface area contributed by atoms with Crippen molar-refractivity contribution in [2.45, 2.75) is 6.61 Å². The Balaban J connectivity index is 1.94. The third kappa shape index (κ3) is 3.65. The molecule has 3 nitrogen and oxygen atoms in total. The number of thiocarbonyl (C=S) groups is 1. The summed E-state index contributed by atoms with van der Waals surface area (Å²) in [5.74, 6) is -0.350. The van der Waals surface area contributed by atoms with E-state index in [1.165, 1.54) is 7.11 Å². The summed E-state index contributed by atoms with van der Waals surface area (Å²) in [5.41, 5.74) is 2.34. The summed E-state index contributed by atoms with van der Waals surface area (Å²) in [4.78, 5) is 11.3. The minimum atomic E-state index is -0.350. The van der Waals surface area contributed by atoms with E-state index in [0.717, 1.165) is 11.1 Å². The van der Waals surface area contributed by atoms with Crippen molar-refractivity contribution in [3.63, 3.8) is 0 Å². The zero-order chi connectivity index (χ0) is 14.4. The summed E-state index contributed by atoms with van der Waals surface area (Å²) in [6.45, 7) is 0.370. The predicted molar refractivity (Wildman–Crippen MR) is 80.7 cm³/mol. The fourth-order valence-corrected chi connectivity index (χ4v) is 1.86. The molecule has 0 heterocycles. The molecule has 2 rings (SSSR count). The normalized spacial score (nSPS) is 9.85. The molecule has 102 valence electrons. The molecule has 0 spiro atoms. The lowest BCUT2D eigenvalue weighted by Crippen LogP contribution is -2.04. The first-order valence-electron chi connectivity index (χ1n) is 6.10. The van der Waals surface area contributed by atoms with Gasteiger partial charge in [0.05, 0.1) is 12.7 Å². The van der Waals surface area contributed by atoms with Crippen molar-refractivity contribution in [2.24, 2.45) is 0 Å². The highest BCUT2D eigenvalue weighted by Gasteiger charge is 2.05. The van der Waals surface area contributed by atoms with Crippen LogP contribution in [0.25, 0.3) is 0 Å². The van der Waals surface area contributed by atoms with E-state index in [4.69, 9.17) is 17.0 Å². The smallest absolute Gasteiger partial charge is 0.337 e. The fourth-order valence-electron chi connectivity index (χ4n) is 1.66. The number of methoxy groups -OCH3 is 1. The molecular formula is C16H14O3S. The van der Waals surface area contributed by atoms with E-state index >= 15 is 0 Å². The highest BCUT2D eigenvalue weighted by Crippen LogP contribution is 2.09. The van der Waals surface area contributed by atoms with Gasteiger partial charge in [0.25, 0.3) is 0 Å². The predicted octanol–water partition coefficient (Wildman–Crippen LogP) is 3.37. The molecule has 0 N–H and O–H groups in total. The van der Waals surface area contributed by atoms with Gasteiger partial charge >= 0.3 is 5.97 Å². The minimum absolute atomic E-state index is 0.350. The van der Waals surface area contributed by atoms with Gasteiger partial charge in [-0.25, -0.2) is 4.79 Å². The van der Waals surface area contributed by atoms with Gasteiger partial charge in [-0.1, -0.05) is 42.5 Å². The Labute approximate surface area is 123 Å². The quantitative estimate of drug-likeness (QED) is 0.637. The topological polar surface area (TPSA) is 35.5 Å². The van der Waals surface area contributed by atoms with Crippen molar-refractivity contribution in [3.05, 3.63) is 71.3 Å². The number of rotatable bonds is 4. The van der Waals surface area contributed by atoms with Crippen LogP contribution in [0.4, 0.5) is 0 Å². The largest absolute Gasteiger partial charge is 0.478 e. The van der Waals surface area contributed by atoms with Crippen molar-refractivity contribution in [1.29, 1.82) is 0 Å². The Morgan fingerprint density at radius 2 is 1.65 bits per heavy atom. The van der Waals surface area contributed by atoms with Gasteiger partial charge < -0.3 is 9.47 Å². The van der Waals surface area contributed by atoms with Gasteiger partial charge in [0.1, 0.15) is 6.61 Å². The average Bonchev–Trinajstić information content (AvgIpc) is 2.53. The summed E-state index contributed by atoms with van der Waals surface area (Å²) in [6, 6.07) is 16.6. The highest BCUT2D eigenvalue weighted by molar-refractivity contribution is 7.80. The van der Waals surface area contributed by atoms with E-state index in [1.807, 2.05) is 42.5 Å². The second kappa shape index (κ2) is 6.82. The molecule has 2 aromatic rings. The van der Waals surface area contributed by atoms with Gasteiger partial charge in [-0.15, -0.1) is 0 Å². The third-order valence-electron chi connectivity index (χ3n) is 2.75. The third-order valence-corrected chi connectivity index (χ3v) is 3.11. The van der Waals surface area contributed by atoms with E-state index in [9.17, 15) is 4.79 Å². The molecule has 0 aliphatic carbocycles. The van der Waals surface area contributed by atoms with E-state index in [0.29, 0.717) is 17.2 Å². The van der Waals surface area contributed by atoms with Crippen LogP contribution in [-0.4, -0.2) is 18.1 Å². The van der Waals surface area contributed by atoms with Crippen LogP contribution < -0.4 is 0 Å². The maximum atomic E-state index is 11.3. The van der Waals surface area contributed by atoms with Crippen molar-refractivity contribution >= 4 is 23.2 Å². The second-order valence-corrected chi connectivity index (χ2v) is 4.50. The molecule has 0 fully saturated rings. The van der Waals surface area contributed by atoms with Crippen molar-refractivity contribution < 1.29 is 14.3 Å². The molecule has 0 aromatic heterocycles. The van der Waals surface area contributed by atoms with Crippen LogP contribution in [0.1, 0.15) is 21.5 Å². The van der Waals surface area contributed by atoms with Crippen LogP contribution in [0, 0.1) is 0 Å². The zero-order valence-electron chi connectivity index (χ0n) is 11.0. The average molecular weight is 286 g/mol. The van der Waals surface area contributed by atoms with E-state index < -0.39 is 0 Å². The number of hydrogen-bond donors (Lipinski definition) is 0. The molecule has 0 saturated heterocycles. The van der Waals surface area contributed by atoms with Crippen molar-refractivity contribution in [3.8, 4) is 0 Å². The zero-order valence-corrected chi connectivity index (χ0v) is 11.9.